The summed E-state index contributed by atoms with van der Waals surface area (Å²) in [6.07, 6.45) is 2.06. The molecule has 2 aromatic rings. The van der Waals surface area contributed by atoms with Crippen molar-refractivity contribution in [3.63, 3.8) is 0 Å². The highest BCUT2D eigenvalue weighted by molar-refractivity contribution is 5.80. The lowest BCUT2D eigenvalue weighted by Crippen LogP contribution is -2.35. The summed E-state index contributed by atoms with van der Waals surface area (Å²) in [4.78, 5) is 0. The van der Waals surface area contributed by atoms with E-state index in [0.717, 1.165) is 6.54 Å². The fraction of sp³-hybridized carbons (Fsp3) is 0.467. The number of hydrogen-bond donors (Lipinski definition) is 1. The first-order valence-electron chi connectivity index (χ1n) is 6.31. The molecule has 0 amide bonds. The van der Waals surface area contributed by atoms with E-state index in [2.05, 4.69) is 61.1 Å². The lowest BCUT2D eigenvalue weighted by atomic mass is 10.1. The fourth-order valence-corrected chi connectivity index (χ4v) is 1.98. The monoisotopic (exact) mass is 246 g/mol. The van der Waals surface area contributed by atoms with Crippen molar-refractivity contribution in [2.75, 3.05) is 7.11 Å². The Bertz CT molecular complexity index is 523. The Morgan fingerprint density at radius 1 is 1.22 bits per heavy atom. The molecule has 3 nitrogen and oxygen atoms in total. The van der Waals surface area contributed by atoms with Crippen molar-refractivity contribution in [1.29, 1.82) is 0 Å². The van der Waals surface area contributed by atoms with Crippen LogP contribution in [0.25, 0.3) is 10.9 Å². The van der Waals surface area contributed by atoms with Gasteiger partial charge in [-0.25, -0.2) is 0 Å². The summed E-state index contributed by atoms with van der Waals surface area (Å²) in [6, 6.07) is 8.70. The van der Waals surface area contributed by atoms with Gasteiger partial charge in [0.25, 0.3) is 0 Å². The molecule has 1 heterocycles. The molecule has 0 aliphatic heterocycles. The first-order chi connectivity index (χ1) is 8.49. The van der Waals surface area contributed by atoms with Crippen LogP contribution in [0.4, 0.5) is 0 Å². The Kier molecular flexibility index (Phi) is 3.73. The van der Waals surface area contributed by atoms with E-state index in [4.69, 9.17) is 4.74 Å². The standard InChI is InChI=1S/C15H22N2O/c1-15(2,3)16-10-12-5-6-14-13(9-12)7-8-17(14)11-18-4/h5-9,16H,10-11H2,1-4H3. The number of hydrogen-bond acceptors (Lipinski definition) is 2. The van der Waals surface area contributed by atoms with E-state index in [1.807, 2.05) is 0 Å². The van der Waals surface area contributed by atoms with Crippen LogP contribution < -0.4 is 5.32 Å². The summed E-state index contributed by atoms with van der Waals surface area (Å²) in [5, 5.41) is 4.77. The quantitative estimate of drug-likeness (QED) is 0.897. The van der Waals surface area contributed by atoms with Crippen LogP contribution in [0.3, 0.4) is 0 Å². The Balaban J connectivity index is 2.18. The minimum absolute atomic E-state index is 0.150. The van der Waals surface area contributed by atoms with Gasteiger partial charge >= 0.3 is 0 Å². The molecule has 0 saturated heterocycles. The number of fused-ring (bicyclic) bond motifs is 1. The topological polar surface area (TPSA) is 26.2 Å². The molecule has 0 fully saturated rings. The van der Waals surface area contributed by atoms with Crippen LogP contribution in [0.5, 0.6) is 0 Å². The highest BCUT2D eigenvalue weighted by Crippen LogP contribution is 2.18. The lowest BCUT2D eigenvalue weighted by Gasteiger charge is -2.20. The predicted octanol–water partition coefficient (Wildman–Crippen LogP) is 3.13. The van der Waals surface area contributed by atoms with E-state index in [1.165, 1.54) is 16.5 Å². The van der Waals surface area contributed by atoms with Crippen LogP contribution in [0, 0.1) is 0 Å². The van der Waals surface area contributed by atoms with Gasteiger partial charge < -0.3 is 14.6 Å². The highest BCUT2D eigenvalue weighted by atomic mass is 16.5. The Morgan fingerprint density at radius 3 is 2.67 bits per heavy atom. The van der Waals surface area contributed by atoms with E-state index in [9.17, 15) is 0 Å². The number of benzene rings is 1. The zero-order chi connectivity index (χ0) is 13.2. The van der Waals surface area contributed by atoms with E-state index >= 15 is 0 Å². The minimum atomic E-state index is 0.150. The molecule has 0 bridgehead atoms. The first kappa shape index (κ1) is 13.1. The molecule has 3 heteroatoms. The largest absolute Gasteiger partial charge is 0.364 e. The van der Waals surface area contributed by atoms with Crippen LogP contribution >= 0.6 is 0 Å². The summed E-state index contributed by atoms with van der Waals surface area (Å²) in [6.45, 7) is 8.04. The summed E-state index contributed by atoms with van der Waals surface area (Å²) >= 11 is 0. The second-order valence-corrected chi connectivity index (χ2v) is 5.70. The van der Waals surface area contributed by atoms with E-state index in [1.54, 1.807) is 7.11 Å². The molecule has 0 saturated carbocycles. The van der Waals surface area contributed by atoms with Crippen LogP contribution in [0.2, 0.25) is 0 Å². The molecule has 2 rings (SSSR count). The number of nitrogens with zero attached hydrogens (tertiary/aromatic N) is 1. The molecule has 1 aromatic carbocycles. The molecule has 0 unspecified atom stereocenters. The van der Waals surface area contributed by atoms with Crippen molar-refractivity contribution in [2.24, 2.45) is 0 Å². The van der Waals surface area contributed by atoms with E-state index in [0.29, 0.717) is 6.73 Å². The van der Waals surface area contributed by atoms with Crippen LogP contribution in [-0.2, 0) is 18.0 Å². The van der Waals surface area contributed by atoms with Crippen molar-refractivity contribution in [3.8, 4) is 0 Å². The normalized spacial score (nSPS) is 12.2. The van der Waals surface area contributed by atoms with Gasteiger partial charge in [0.1, 0.15) is 6.73 Å². The fourth-order valence-electron chi connectivity index (χ4n) is 1.98. The van der Waals surface area contributed by atoms with Gasteiger partial charge in [-0.15, -0.1) is 0 Å². The van der Waals surface area contributed by atoms with Gasteiger partial charge in [-0.3, -0.25) is 0 Å². The highest BCUT2D eigenvalue weighted by Gasteiger charge is 2.09. The van der Waals surface area contributed by atoms with Crippen molar-refractivity contribution in [1.82, 2.24) is 9.88 Å². The average molecular weight is 246 g/mol. The molecule has 0 spiro atoms. The van der Waals surface area contributed by atoms with Crippen molar-refractivity contribution in [3.05, 3.63) is 36.0 Å². The van der Waals surface area contributed by atoms with Gasteiger partial charge in [-0.05, 0) is 49.9 Å². The van der Waals surface area contributed by atoms with Gasteiger partial charge in [0.2, 0.25) is 0 Å². The van der Waals surface area contributed by atoms with Crippen LogP contribution in [0.15, 0.2) is 30.5 Å². The number of aromatic nitrogens is 1. The number of methoxy groups -OCH3 is 1. The van der Waals surface area contributed by atoms with Crippen LogP contribution in [-0.4, -0.2) is 17.2 Å². The smallest absolute Gasteiger partial charge is 0.122 e. The maximum absolute atomic E-state index is 5.17. The number of nitrogens with one attached hydrogen (secondary N) is 1. The third-order valence-corrected chi connectivity index (χ3v) is 2.93. The first-order valence-corrected chi connectivity index (χ1v) is 6.31. The van der Waals surface area contributed by atoms with Crippen molar-refractivity contribution in [2.45, 2.75) is 39.6 Å². The predicted molar refractivity (Wildman–Crippen MR) is 75.5 cm³/mol. The summed E-state index contributed by atoms with van der Waals surface area (Å²) in [7, 11) is 1.72. The zero-order valence-electron chi connectivity index (χ0n) is 11.7. The SMILES string of the molecule is COCn1ccc2cc(CNC(C)(C)C)ccc21. The van der Waals surface area contributed by atoms with E-state index in [-0.39, 0.29) is 5.54 Å². The summed E-state index contributed by atoms with van der Waals surface area (Å²) in [5.41, 5.74) is 2.68. The zero-order valence-corrected chi connectivity index (χ0v) is 11.7. The molecule has 1 N–H and O–H groups in total. The molecule has 0 aliphatic carbocycles. The Hall–Kier alpha value is -1.32. The molecular weight excluding hydrogens is 224 g/mol. The molecule has 1 aromatic heterocycles. The molecule has 0 radical (unpaired) electrons. The van der Waals surface area contributed by atoms with E-state index < -0.39 is 0 Å². The molecule has 0 atom stereocenters. The molecule has 0 aliphatic rings. The molecular formula is C15H22N2O. The second kappa shape index (κ2) is 5.12. The van der Waals surface area contributed by atoms with Crippen molar-refractivity contribution >= 4 is 10.9 Å². The molecule has 98 valence electrons. The Morgan fingerprint density at radius 2 is 2.00 bits per heavy atom. The summed E-state index contributed by atoms with van der Waals surface area (Å²) in [5.74, 6) is 0. The van der Waals surface area contributed by atoms with Gasteiger partial charge in [-0.2, -0.15) is 0 Å². The number of rotatable bonds is 4. The third-order valence-electron chi connectivity index (χ3n) is 2.93. The van der Waals surface area contributed by atoms with Gasteiger partial charge in [0.05, 0.1) is 0 Å². The van der Waals surface area contributed by atoms with Gasteiger partial charge in [-0.1, -0.05) is 6.07 Å². The average Bonchev–Trinajstić information content (AvgIpc) is 2.69. The maximum atomic E-state index is 5.17. The second-order valence-electron chi connectivity index (χ2n) is 5.70. The molecule has 18 heavy (non-hydrogen) atoms. The minimum Gasteiger partial charge on any atom is -0.364 e. The third kappa shape index (κ3) is 3.12. The van der Waals surface area contributed by atoms with Crippen molar-refractivity contribution < 1.29 is 4.74 Å². The number of ether oxygens (including phenoxy) is 1. The Labute approximate surface area is 109 Å². The summed E-state index contributed by atoms with van der Waals surface area (Å²) < 4.78 is 7.27. The van der Waals surface area contributed by atoms with Crippen LogP contribution in [0.1, 0.15) is 26.3 Å². The lowest BCUT2D eigenvalue weighted by molar-refractivity contribution is 0.135. The maximum Gasteiger partial charge on any atom is 0.122 e. The van der Waals surface area contributed by atoms with Gasteiger partial charge in [0.15, 0.2) is 0 Å². The van der Waals surface area contributed by atoms with Gasteiger partial charge in [0, 0.05) is 30.9 Å².